The van der Waals surface area contributed by atoms with E-state index in [0.29, 0.717) is 17.8 Å². The Kier molecular flexibility index (Phi) is 6.60. The van der Waals surface area contributed by atoms with Crippen molar-refractivity contribution < 1.29 is 9.59 Å². The Bertz CT molecular complexity index is 786. The predicted octanol–water partition coefficient (Wildman–Crippen LogP) is 3.21. The summed E-state index contributed by atoms with van der Waals surface area (Å²) in [7, 11) is 0. The molecule has 142 valence electrons. The smallest absolute Gasteiger partial charge is 0.251 e. The second-order valence-electron chi connectivity index (χ2n) is 7.02. The van der Waals surface area contributed by atoms with Crippen molar-refractivity contribution in [2.24, 2.45) is 0 Å². The van der Waals surface area contributed by atoms with E-state index >= 15 is 0 Å². The third-order valence-corrected chi connectivity index (χ3v) is 4.86. The minimum absolute atomic E-state index is 0.0729. The first-order valence-electron chi connectivity index (χ1n) is 9.57. The molecule has 0 aliphatic carbocycles. The van der Waals surface area contributed by atoms with Gasteiger partial charge in [0.25, 0.3) is 5.91 Å². The number of anilines is 1. The molecule has 0 fully saturated rings. The average Bonchev–Trinajstić information content (AvgIpc) is 2.67. The molecule has 2 aromatic carbocycles. The summed E-state index contributed by atoms with van der Waals surface area (Å²) >= 11 is 0. The van der Waals surface area contributed by atoms with Crippen molar-refractivity contribution in [3.05, 3.63) is 65.2 Å². The molecule has 0 aromatic heterocycles. The van der Waals surface area contributed by atoms with E-state index in [-0.39, 0.29) is 11.8 Å². The van der Waals surface area contributed by atoms with Crippen molar-refractivity contribution in [2.75, 3.05) is 25.0 Å². The molecule has 0 atom stereocenters. The standard InChI is InChI=1S/C22H27N3O2/c1-17(26)24-21-10-8-19(9-11-21)22(27)23-13-4-5-14-25-15-12-18-6-2-3-7-20(18)16-25/h2-3,6-11H,4-5,12-16H2,1H3,(H,23,27)(H,24,26). The molecule has 5 nitrogen and oxygen atoms in total. The van der Waals surface area contributed by atoms with Gasteiger partial charge in [-0.15, -0.1) is 0 Å². The van der Waals surface area contributed by atoms with E-state index in [2.05, 4.69) is 39.8 Å². The van der Waals surface area contributed by atoms with Crippen LogP contribution in [0.2, 0.25) is 0 Å². The lowest BCUT2D eigenvalue weighted by atomic mass is 10.00. The Morgan fingerprint density at radius 2 is 1.74 bits per heavy atom. The zero-order valence-electron chi connectivity index (χ0n) is 15.8. The predicted molar refractivity (Wildman–Crippen MR) is 108 cm³/mol. The number of hydrogen-bond donors (Lipinski definition) is 2. The number of fused-ring (bicyclic) bond motifs is 1. The van der Waals surface area contributed by atoms with Crippen LogP contribution < -0.4 is 10.6 Å². The van der Waals surface area contributed by atoms with Crippen LogP contribution in [0.4, 0.5) is 5.69 Å². The highest BCUT2D eigenvalue weighted by atomic mass is 16.2. The minimum atomic E-state index is -0.121. The van der Waals surface area contributed by atoms with Crippen LogP contribution in [0, 0.1) is 0 Å². The molecule has 2 aromatic rings. The number of nitrogens with one attached hydrogen (secondary N) is 2. The van der Waals surface area contributed by atoms with Crippen molar-refractivity contribution >= 4 is 17.5 Å². The fourth-order valence-corrected chi connectivity index (χ4v) is 3.42. The van der Waals surface area contributed by atoms with Gasteiger partial charge in [-0.2, -0.15) is 0 Å². The molecule has 0 radical (unpaired) electrons. The van der Waals surface area contributed by atoms with Crippen LogP contribution in [0.15, 0.2) is 48.5 Å². The van der Waals surface area contributed by atoms with Crippen LogP contribution in [0.5, 0.6) is 0 Å². The molecule has 1 aliphatic heterocycles. The van der Waals surface area contributed by atoms with E-state index < -0.39 is 0 Å². The normalized spacial score (nSPS) is 13.7. The molecule has 1 heterocycles. The molecule has 2 N–H and O–H groups in total. The minimum Gasteiger partial charge on any atom is -0.352 e. The molecule has 2 amide bonds. The molecule has 0 saturated carbocycles. The van der Waals surface area contributed by atoms with Crippen molar-refractivity contribution in [3.63, 3.8) is 0 Å². The Balaban J connectivity index is 1.34. The second kappa shape index (κ2) is 9.33. The number of carbonyl (C=O) groups excluding carboxylic acids is 2. The zero-order valence-corrected chi connectivity index (χ0v) is 15.8. The van der Waals surface area contributed by atoms with Gasteiger partial charge in [0.05, 0.1) is 0 Å². The monoisotopic (exact) mass is 365 g/mol. The first-order valence-corrected chi connectivity index (χ1v) is 9.57. The Labute approximate surface area is 160 Å². The fraction of sp³-hybridized carbons (Fsp3) is 0.364. The van der Waals surface area contributed by atoms with Crippen LogP contribution in [0.1, 0.15) is 41.3 Å². The summed E-state index contributed by atoms with van der Waals surface area (Å²) in [5.41, 5.74) is 4.23. The number of carbonyl (C=O) groups is 2. The van der Waals surface area contributed by atoms with Gasteiger partial charge in [-0.25, -0.2) is 0 Å². The van der Waals surface area contributed by atoms with Crippen molar-refractivity contribution in [1.29, 1.82) is 0 Å². The number of rotatable bonds is 7. The van der Waals surface area contributed by atoms with Crippen molar-refractivity contribution in [2.45, 2.75) is 32.7 Å². The number of amides is 2. The maximum atomic E-state index is 12.2. The average molecular weight is 365 g/mol. The van der Waals surface area contributed by atoms with E-state index in [9.17, 15) is 9.59 Å². The molecule has 1 aliphatic rings. The second-order valence-corrected chi connectivity index (χ2v) is 7.02. The van der Waals surface area contributed by atoms with E-state index in [4.69, 9.17) is 0 Å². The van der Waals surface area contributed by atoms with Crippen LogP contribution in [0.25, 0.3) is 0 Å². The number of unbranched alkanes of at least 4 members (excludes halogenated alkanes) is 1. The van der Waals surface area contributed by atoms with Crippen molar-refractivity contribution in [3.8, 4) is 0 Å². The SMILES string of the molecule is CC(=O)Nc1ccc(C(=O)NCCCCN2CCc3ccccc3C2)cc1. The highest BCUT2D eigenvalue weighted by Gasteiger charge is 2.14. The molecule has 27 heavy (non-hydrogen) atoms. The maximum Gasteiger partial charge on any atom is 0.251 e. The van der Waals surface area contributed by atoms with Gasteiger partial charge < -0.3 is 10.6 Å². The van der Waals surface area contributed by atoms with E-state index in [0.717, 1.165) is 38.9 Å². The molecule has 0 unspecified atom stereocenters. The molecular formula is C22H27N3O2. The van der Waals surface area contributed by atoms with Gasteiger partial charge in [-0.1, -0.05) is 24.3 Å². The highest BCUT2D eigenvalue weighted by Crippen LogP contribution is 2.18. The first-order chi connectivity index (χ1) is 13.1. The lowest BCUT2D eigenvalue weighted by Gasteiger charge is -2.28. The fourth-order valence-electron chi connectivity index (χ4n) is 3.42. The van der Waals surface area contributed by atoms with E-state index in [1.165, 1.54) is 18.1 Å². The molecular weight excluding hydrogens is 338 g/mol. The lowest BCUT2D eigenvalue weighted by molar-refractivity contribution is -0.114. The molecule has 0 spiro atoms. The molecule has 3 rings (SSSR count). The van der Waals surface area contributed by atoms with Crippen LogP contribution >= 0.6 is 0 Å². The molecule has 5 heteroatoms. The Hall–Kier alpha value is -2.66. The number of hydrogen-bond acceptors (Lipinski definition) is 3. The third kappa shape index (κ3) is 5.66. The summed E-state index contributed by atoms with van der Waals surface area (Å²) in [4.78, 5) is 25.7. The van der Waals surface area contributed by atoms with Crippen LogP contribution in [0.3, 0.4) is 0 Å². The third-order valence-electron chi connectivity index (χ3n) is 4.86. The largest absolute Gasteiger partial charge is 0.352 e. The summed E-state index contributed by atoms with van der Waals surface area (Å²) in [5.74, 6) is -0.194. The molecule has 0 saturated heterocycles. The van der Waals surface area contributed by atoms with E-state index in [1.54, 1.807) is 24.3 Å². The van der Waals surface area contributed by atoms with Gasteiger partial charge in [0.1, 0.15) is 0 Å². The Morgan fingerprint density at radius 3 is 2.48 bits per heavy atom. The van der Waals surface area contributed by atoms with Gasteiger partial charge in [-0.3, -0.25) is 14.5 Å². The summed E-state index contributed by atoms with van der Waals surface area (Å²) in [6.07, 6.45) is 3.17. The summed E-state index contributed by atoms with van der Waals surface area (Å²) in [5, 5.41) is 5.66. The maximum absolute atomic E-state index is 12.2. The van der Waals surface area contributed by atoms with E-state index in [1.807, 2.05) is 0 Å². The van der Waals surface area contributed by atoms with Gasteiger partial charge in [0, 0.05) is 37.8 Å². The van der Waals surface area contributed by atoms with Gasteiger partial charge in [0.2, 0.25) is 5.91 Å². The zero-order chi connectivity index (χ0) is 19.1. The first kappa shape index (κ1) is 19.1. The molecule has 0 bridgehead atoms. The quantitative estimate of drug-likeness (QED) is 0.741. The Morgan fingerprint density at radius 1 is 1.00 bits per heavy atom. The van der Waals surface area contributed by atoms with Crippen molar-refractivity contribution in [1.82, 2.24) is 10.2 Å². The summed E-state index contributed by atoms with van der Waals surface area (Å²) in [6, 6.07) is 15.6. The summed E-state index contributed by atoms with van der Waals surface area (Å²) in [6.45, 7) is 5.35. The lowest BCUT2D eigenvalue weighted by Crippen LogP contribution is -2.32. The number of nitrogens with zero attached hydrogens (tertiary/aromatic N) is 1. The van der Waals surface area contributed by atoms with Gasteiger partial charge >= 0.3 is 0 Å². The van der Waals surface area contributed by atoms with Gasteiger partial charge in [-0.05, 0) is 61.2 Å². The summed E-state index contributed by atoms with van der Waals surface area (Å²) < 4.78 is 0. The number of benzene rings is 2. The van der Waals surface area contributed by atoms with Crippen LogP contribution in [-0.4, -0.2) is 36.3 Å². The highest BCUT2D eigenvalue weighted by molar-refractivity contribution is 5.95. The van der Waals surface area contributed by atoms with Crippen LogP contribution in [-0.2, 0) is 17.8 Å². The topological polar surface area (TPSA) is 61.4 Å². The van der Waals surface area contributed by atoms with Gasteiger partial charge in [0.15, 0.2) is 0 Å².